The van der Waals surface area contributed by atoms with Crippen molar-refractivity contribution in [2.45, 2.75) is 31.6 Å². The quantitative estimate of drug-likeness (QED) is 0.799. The second kappa shape index (κ2) is 5.57. The van der Waals surface area contributed by atoms with Crippen LogP contribution in [0.2, 0.25) is 0 Å². The number of halogens is 2. The molecule has 0 heterocycles. The molecule has 0 aromatic carbocycles. The highest BCUT2D eigenvalue weighted by molar-refractivity contribution is 5.78. The van der Waals surface area contributed by atoms with Gasteiger partial charge in [-0.2, -0.15) is 0 Å². The topological polar surface area (TPSA) is 32.3 Å². The lowest BCUT2D eigenvalue weighted by Gasteiger charge is -2.30. The predicted octanol–water partition coefficient (Wildman–Crippen LogP) is 1.49. The van der Waals surface area contributed by atoms with Gasteiger partial charge in [-0.1, -0.05) is 0 Å². The minimum atomic E-state index is -2.56. The Kier molecular flexibility index (Phi) is 4.65. The minimum Gasteiger partial charge on any atom is -0.344 e. The van der Waals surface area contributed by atoms with E-state index in [1.807, 2.05) is 7.05 Å². The Labute approximate surface area is 95.2 Å². The third kappa shape index (κ3) is 3.70. The first-order valence-electron chi connectivity index (χ1n) is 5.73. The number of hydrogen-bond donors (Lipinski definition) is 1. The summed E-state index contributed by atoms with van der Waals surface area (Å²) in [4.78, 5) is 13.5. The van der Waals surface area contributed by atoms with Gasteiger partial charge in [0, 0.05) is 38.9 Å². The fraction of sp³-hybridized carbons (Fsp3) is 0.909. The number of nitrogens with zero attached hydrogens (tertiary/aromatic N) is 1. The number of hydrogen-bond acceptors (Lipinski definition) is 2. The van der Waals surface area contributed by atoms with Crippen LogP contribution in [0, 0.1) is 5.92 Å². The fourth-order valence-corrected chi connectivity index (χ4v) is 1.99. The molecule has 1 fully saturated rings. The Morgan fingerprint density at radius 1 is 1.44 bits per heavy atom. The van der Waals surface area contributed by atoms with Crippen LogP contribution < -0.4 is 5.32 Å². The molecule has 0 bridgehead atoms. The Hall–Kier alpha value is -0.710. The van der Waals surface area contributed by atoms with Crippen molar-refractivity contribution in [1.29, 1.82) is 0 Å². The van der Waals surface area contributed by atoms with E-state index in [9.17, 15) is 13.6 Å². The van der Waals surface area contributed by atoms with Crippen LogP contribution in [-0.4, -0.2) is 43.9 Å². The van der Waals surface area contributed by atoms with Crippen LogP contribution in [0.1, 0.15) is 25.7 Å². The van der Waals surface area contributed by atoms with Gasteiger partial charge in [-0.05, 0) is 19.9 Å². The highest BCUT2D eigenvalue weighted by atomic mass is 19.3. The lowest BCUT2D eigenvalue weighted by atomic mass is 9.86. The SMILES string of the molecule is CNCCN(C)C(=O)C1CCC(F)(F)CC1. The molecule has 1 saturated carbocycles. The Bertz CT molecular complexity index is 236. The van der Waals surface area contributed by atoms with Gasteiger partial charge in [0.05, 0.1) is 0 Å². The van der Waals surface area contributed by atoms with Crippen LogP contribution in [0.3, 0.4) is 0 Å². The van der Waals surface area contributed by atoms with Crippen molar-refractivity contribution in [2.75, 3.05) is 27.2 Å². The molecular weight excluding hydrogens is 214 g/mol. The van der Waals surface area contributed by atoms with Gasteiger partial charge in [0.1, 0.15) is 0 Å². The number of likely N-dealkylation sites (N-methyl/N-ethyl adjacent to an activating group) is 2. The highest BCUT2D eigenvalue weighted by Gasteiger charge is 2.37. The Morgan fingerprint density at radius 3 is 2.50 bits per heavy atom. The molecule has 0 saturated heterocycles. The van der Waals surface area contributed by atoms with E-state index in [1.165, 1.54) is 0 Å². The van der Waals surface area contributed by atoms with E-state index < -0.39 is 5.92 Å². The van der Waals surface area contributed by atoms with E-state index in [2.05, 4.69) is 5.32 Å². The smallest absolute Gasteiger partial charge is 0.248 e. The maximum atomic E-state index is 12.9. The average molecular weight is 234 g/mol. The molecule has 1 aliphatic rings. The van der Waals surface area contributed by atoms with Crippen LogP contribution in [0.25, 0.3) is 0 Å². The molecule has 0 atom stereocenters. The van der Waals surface area contributed by atoms with E-state index in [0.717, 1.165) is 6.54 Å². The van der Waals surface area contributed by atoms with E-state index in [-0.39, 0.29) is 24.7 Å². The largest absolute Gasteiger partial charge is 0.344 e. The van der Waals surface area contributed by atoms with Gasteiger partial charge in [-0.25, -0.2) is 8.78 Å². The number of nitrogens with one attached hydrogen (secondary N) is 1. The molecule has 0 radical (unpaired) electrons. The van der Waals surface area contributed by atoms with Crippen molar-refractivity contribution in [2.24, 2.45) is 5.92 Å². The van der Waals surface area contributed by atoms with Crippen molar-refractivity contribution in [3.63, 3.8) is 0 Å². The summed E-state index contributed by atoms with van der Waals surface area (Å²) in [6.07, 6.45) is 0.331. The molecule has 1 amide bonds. The summed E-state index contributed by atoms with van der Waals surface area (Å²) in [6, 6.07) is 0. The first-order chi connectivity index (χ1) is 7.46. The van der Waals surface area contributed by atoms with Crippen LogP contribution in [0.15, 0.2) is 0 Å². The Balaban J connectivity index is 2.38. The van der Waals surface area contributed by atoms with E-state index in [4.69, 9.17) is 0 Å². The molecular formula is C11H20F2N2O. The van der Waals surface area contributed by atoms with Crippen LogP contribution in [-0.2, 0) is 4.79 Å². The maximum absolute atomic E-state index is 12.9. The normalized spacial score (nSPS) is 20.8. The van der Waals surface area contributed by atoms with Gasteiger partial charge in [0.2, 0.25) is 11.8 Å². The number of carbonyl (C=O) groups is 1. The van der Waals surface area contributed by atoms with Gasteiger partial charge >= 0.3 is 0 Å². The van der Waals surface area contributed by atoms with Gasteiger partial charge < -0.3 is 10.2 Å². The summed E-state index contributed by atoms with van der Waals surface area (Å²) in [6.45, 7) is 1.35. The van der Waals surface area contributed by atoms with Crippen molar-refractivity contribution in [3.8, 4) is 0 Å². The molecule has 94 valence electrons. The van der Waals surface area contributed by atoms with Gasteiger partial charge in [-0.15, -0.1) is 0 Å². The predicted molar refractivity (Wildman–Crippen MR) is 58.5 cm³/mol. The van der Waals surface area contributed by atoms with E-state index >= 15 is 0 Å². The molecule has 0 aromatic heterocycles. The first-order valence-corrected chi connectivity index (χ1v) is 5.73. The fourth-order valence-electron chi connectivity index (χ4n) is 1.99. The van der Waals surface area contributed by atoms with E-state index in [0.29, 0.717) is 19.4 Å². The zero-order valence-corrected chi connectivity index (χ0v) is 9.93. The molecule has 0 aliphatic heterocycles. The Morgan fingerprint density at radius 2 is 2.00 bits per heavy atom. The summed E-state index contributed by atoms with van der Waals surface area (Å²) in [5.74, 6) is -2.76. The van der Waals surface area contributed by atoms with Gasteiger partial charge in [0.25, 0.3) is 0 Å². The summed E-state index contributed by atoms with van der Waals surface area (Å²) >= 11 is 0. The zero-order chi connectivity index (χ0) is 12.2. The van der Waals surface area contributed by atoms with Crippen molar-refractivity contribution in [1.82, 2.24) is 10.2 Å². The molecule has 5 heteroatoms. The molecule has 1 aliphatic carbocycles. The standard InChI is InChI=1S/C11H20F2N2O/c1-14-7-8-15(2)10(16)9-3-5-11(12,13)6-4-9/h9,14H,3-8H2,1-2H3. The third-order valence-corrected chi connectivity index (χ3v) is 3.14. The van der Waals surface area contributed by atoms with Crippen molar-refractivity contribution in [3.05, 3.63) is 0 Å². The second-order valence-electron chi connectivity index (χ2n) is 4.49. The summed E-state index contributed by atoms with van der Waals surface area (Å²) in [5, 5.41) is 2.96. The van der Waals surface area contributed by atoms with Gasteiger partial charge in [-0.3, -0.25) is 4.79 Å². The lowest BCUT2D eigenvalue weighted by Crippen LogP contribution is -2.39. The minimum absolute atomic E-state index is 0.00532. The highest BCUT2D eigenvalue weighted by Crippen LogP contribution is 2.36. The second-order valence-corrected chi connectivity index (χ2v) is 4.49. The number of rotatable bonds is 4. The molecule has 1 N–H and O–H groups in total. The van der Waals surface area contributed by atoms with Crippen LogP contribution >= 0.6 is 0 Å². The van der Waals surface area contributed by atoms with Crippen molar-refractivity contribution < 1.29 is 13.6 Å². The molecule has 0 aromatic rings. The monoisotopic (exact) mass is 234 g/mol. The number of alkyl halides is 2. The maximum Gasteiger partial charge on any atom is 0.248 e. The average Bonchev–Trinajstić information content (AvgIpc) is 2.25. The van der Waals surface area contributed by atoms with Gasteiger partial charge in [0.15, 0.2) is 0 Å². The van der Waals surface area contributed by atoms with Crippen LogP contribution in [0.4, 0.5) is 8.78 Å². The molecule has 16 heavy (non-hydrogen) atoms. The molecule has 0 unspecified atom stereocenters. The van der Waals surface area contributed by atoms with Crippen molar-refractivity contribution >= 4 is 5.91 Å². The lowest BCUT2D eigenvalue weighted by molar-refractivity contribution is -0.138. The summed E-state index contributed by atoms with van der Waals surface area (Å²) < 4.78 is 25.8. The zero-order valence-electron chi connectivity index (χ0n) is 9.93. The summed E-state index contributed by atoms with van der Waals surface area (Å²) in [7, 11) is 3.55. The first kappa shape index (κ1) is 13.4. The third-order valence-electron chi connectivity index (χ3n) is 3.14. The summed E-state index contributed by atoms with van der Waals surface area (Å²) in [5.41, 5.74) is 0. The number of carbonyl (C=O) groups excluding carboxylic acids is 1. The molecule has 0 spiro atoms. The molecule has 1 rings (SSSR count). The molecule has 3 nitrogen and oxygen atoms in total. The number of amides is 1. The van der Waals surface area contributed by atoms with Crippen LogP contribution in [0.5, 0.6) is 0 Å². The van der Waals surface area contributed by atoms with E-state index in [1.54, 1.807) is 11.9 Å².